The van der Waals surface area contributed by atoms with E-state index in [1.54, 1.807) is 4.68 Å². The zero-order valence-electron chi connectivity index (χ0n) is 13.3. The highest BCUT2D eigenvalue weighted by atomic mass is 16.2. The van der Waals surface area contributed by atoms with E-state index >= 15 is 0 Å². The lowest BCUT2D eigenvalue weighted by atomic mass is 9.95. The van der Waals surface area contributed by atoms with Crippen LogP contribution in [0.15, 0.2) is 36.4 Å². The van der Waals surface area contributed by atoms with E-state index in [4.69, 9.17) is 0 Å². The van der Waals surface area contributed by atoms with Crippen LogP contribution < -0.4 is 10.9 Å². The minimum absolute atomic E-state index is 0.0816. The lowest BCUT2D eigenvalue weighted by Crippen LogP contribution is -2.47. The number of aryl methyl sites for hydroxylation is 2. The third-order valence-corrected chi connectivity index (χ3v) is 4.22. The summed E-state index contributed by atoms with van der Waals surface area (Å²) in [5.41, 5.74) is 7.30. The van der Waals surface area contributed by atoms with Gasteiger partial charge >= 0.3 is 0 Å². The van der Waals surface area contributed by atoms with E-state index < -0.39 is 5.41 Å². The first-order valence-corrected chi connectivity index (χ1v) is 7.67. The van der Waals surface area contributed by atoms with Crippen LogP contribution in [0.4, 0.5) is 0 Å². The van der Waals surface area contributed by atoms with Crippen molar-refractivity contribution in [1.29, 1.82) is 0 Å². The SMILES string of the molecule is Cc1cc(C)n(CC(=O)NNC(=O)C2(c3ccccc3)CC2)n1. The van der Waals surface area contributed by atoms with E-state index in [1.807, 2.05) is 50.2 Å². The van der Waals surface area contributed by atoms with Gasteiger partial charge in [0.25, 0.3) is 5.91 Å². The van der Waals surface area contributed by atoms with Crippen LogP contribution in [0.3, 0.4) is 0 Å². The molecule has 0 spiro atoms. The number of carbonyl (C=O) groups is 2. The molecule has 23 heavy (non-hydrogen) atoms. The molecule has 0 bridgehead atoms. The predicted octanol–water partition coefficient (Wildman–Crippen LogP) is 1.38. The van der Waals surface area contributed by atoms with Crippen LogP contribution in [0.5, 0.6) is 0 Å². The van der Waals surface area contributed by atoms with Gasteiger partial charge < -0.3 is 0 Å². The summed E-state index contributed by atoms with van der Waals surface area (Å²) < 4.78 is 1.61. The zero-order chi connectivity index (χ0) is 16.4. The predicted molar refractivity (Wildman–Crippen MR) is 85.3 cm³/mol. The quantitative estimate of drug-likeness (QED) is 0.838. The summed E-state index contributed by atoms with van der Waals surface area (Å²) in [5, 5.41) is 4.23. The van der Waals surface area contributed by atoms with Gasteiger partial charge in [-0.05, 0) is 38.3 Å². The summed E-state index contributed by atoms with van der Waals surface area (Å²) in [4.78, 5) is 24.4. The van der Waals surface area contributed by atoms with Crippen LogP contribution in [0.25, 0.3) is 0 Å². The molecule has 0 unspecified atom stereocenters. The molecule has 2 amide bonds. The Labute approximate surface area is 134 Å². The van der Waals surface area contributed by atoms with Crippen molar-refractivity contribution in [3.63, 3.8) is 0 Å². The van der Waals surface area contributed by atoms with Gasteiger partial charge in [-0.3, -0.25) is 25.1 Å². The molecule has 6 heteroatoms. The summed E-state index contributed by atoms with van der Waals surface area (Å²) in [6, 6.07) is 11.6. The first-order valence-electron chi connectivity index (χ1n) is 7.67. The Morgan fingerprint density at radius 2 is 1.87 bits per heavy atom. The molecule has 1 fully saturated rings. The maximum atomic E-state index is 12.4. The fourth-order valence-corrected chi connectivity index (χ4v) is 2.79. The molecule has 0 saturated heterocycles. The van der Waals surface area contributed by atoms with Crippen LogP contribution in [-0.4, -0.2) is 21.6 Å². The van der Waals surface area contributed by atoms with Crippen molar-refractivity contribution in [3.05, 3.63) is 53.3 Å². The topological polar surface area (TPSA) is 76.0 Å². The fourth-order valence-electron chi connectivity index (χ4n) is 2.79. The van der Waals surface area contributed by atoms with E-state index in [1.165, 1.54) is 0 Å². The first kappa shape index (κ1) is 15.3. The number of nitrogens with one attached hydrogen (secondary N) is 2. The maximum absolute atomic E-state index is 12.4. The number of hydrazine groups is 1. The summed E-state index contributed by atoms with van der Waals surface area (Å²) in [6.07, 6.45) is 1.60. The van der Waals surface area contributed by atoms with Crippen molar-refractivity contribution in [2.24, 2.45) is 0 Å². The third kappa shape index (κ3) is 3.11. The highest BCUT2D eigenvalue weighted by Gasteiger charge is 2.51. The normalized spacial score (nSPS) is 15.0. The first-order chi connectivity index (χ1) is 11.0. The van der Waals surface area contributed by atoms with Gasteiger partial charge in [0.1, 0.15) is 6.54 Å². The Kier molecular flexibility index (Phi) is 3.90. The van der Waals surface area contributed by atoms with Crippen molar-refractivity contribution < 1.29 is 9.59 Å². The highest BCUT2D eigenvalue weighted by Crippen LogP contribution is 2.48. The van der Waals surface area contributed by atoms with Crippen LogP contribution in [0.2, 0.25) is 0 Å². The second-order valence-corrected chi connectivity index (χ2v) is 6.04. The molecule has 1 saturated carbocycles. The smallest absolute Gasteiger partial charge is 0.260 e. The molecular weight excluding hydrogens is 292 g/mol. The van der Waals surface area contributed by atoms with Gasteiger partial charge in [-0.2, -0.15) is 5.10 Å². The largest absolute Gasteiger partial charge is 0.272 e. The molecule has 0 radical (unpaired) electrons. The summed E-state index contributed by atoms with van der Waals surface area (Å²) in [5.74, 6) is -0.459. The maximum Gasteiger partial charge on any atom is 0.260 e. The van der Waals surface area contributed by atoms with E-state index in [0.717, 1.165) is 29.8 Å². The Morgan fingerprint density at radius 3 is 2.43 bits per heavy atom. The second kappa shape index (κ2) is 5.87. The summed E-state index contributed by atoms with van der Waals surface area (Å²) >= 11 is 0. The average Bonchev–Trinajstić information content (AvgIpc) is 3.28. The van der Waals surface area contributed by atoms with E-state index in [0.29, 0.717) is 0 Å². The van der Waals surface area contributed by atoms with E-state index in [2.05, 4.69) is 16.0 Å². The van der Waals surface area contributed by atoms with E-state index in [9.17, 15) is 9.59 Å². The fraction of sp³-hybridized carbons (Fsp3) is 0.353. The van der Waals surface area contributed by atoms with Crippen LogP contribution in [-0.2, 0) is 21.5 Å². The molecule has 2 N–H and O–H groups in total. The summed E-state index contributed by atoms with van der Waals surface area (Å²) in [7, 11) is 0. The Hall–Kier alpha value is -2.63. The van der Waals surface area contributed by atoms with Crippen LogP contribution >= 0.6 is 0 Å². The number of benzene rings is 1. The van der Waals surface area contributed by atoms with Crippen molar-refractivity contribution in [1.82, 2.24) is 20.6 Å². The molecule has 3 rings (SSSR count). The van der Waals surface area contributed by atoms with Crippen molar-refractivity contribution in [2.75, 3.05) is 0 Å². The molecule has 1 aliphatic rings. The van der Waals surface area contributed by atoms with Gasteiger partial charge in [-0.15, -0.1) is 0 Å². The third-order valence-electron chi connectivity index (χ3n) is 4.22. The lowest BCUT2D eigenvalue weighted by molar-refractivity contribution is -0.130. The van der Waals surface area contributed by atoms with Crippen molar-refractivity contribution in [2.45, 2.75) is 38.6 Å². The molecule has 6 nitrogen and oxygen atoms in total. The molecule has 1 aromatic heterocycles. The molecule has 2 aromatic rings. The molecule has 120 valence electrons. The van der Waals surface area contributed by atoms with Gasteiger partial charge in [-0.1, -0.05) is 30.3 Å². The number of rotatable bonds is 4. The molecule has 1 aromatic carbocycles. The number of hydrogen-bond acceptors (Lipinski definition) is 3. The van der Waals surface area contributed by atoms with Gasteiger partial charge in [0.15, 0.2) is 0 Å². The standard InChI is InChI=1S/C17H20N4O2/c1-12-10-13(2)21(20-12)11-15(22)18-19-16(23)17(8-9-17)14-6-4-3-5-7-14/h3-7,10H,8-9,11H2,1-2H3,(H,18,22)(H,19,23). The summed E-state index contributed by atoms with van der Waals surface area (Å²) in [6.45, 7) is 3.85. The number of nitrogens with zero attached hydrogens (tertiary/aromatic N) is 2. The second-order valence-electron chi connectivity index (χ2n) is 6.04. The molecular formula is C17H20N4O2. The van der Waals surface area contributed by atoms with Gasteiger partial charge in [0, 0.05) is 5.69 Å². The molecule has 0 aliphatic heterocycles. The highest BCUT2D eigenvalue weighted by molar-refractivity contribution is 5.92. The lowest BCUT2D eigenvalue weighted by Gasteiger charge is -2.16. The Balaban J connectivity index is 1.57. The number of hydrogen-bond donors (Lipinski definition) is 2. The minimum atomic E-state index is -0.493. The van der Waals surface area contributed by atoms with E-state index in [-0.39, 0.29) is 18.4 Å². The average molecular weight is 312 g/mol. The van der Waals surface area contributed by atoms with Crippen molar-refractivity contribution in [3.8, 4) is 0 Å². The number of carbonyl (C=O) groups excluding carboxylic acids is 2. The van der Waals surface area contributed by atoms with Gasteiger partial charge in [0.2, 0.25) is 5.91 Å². The van der Waals surface area contributed by atoms with Crippen LogP contribution in [0.1, 0.15) is 29.8 Å². The van der Waals surface area contributed by atoms with Gasteiger partial charge in [0.05, 0.1) is 11.1 Å². The monoisotopic (exact) mass is 312 g/mol. The Bertz CT molecular complexity index is 732. The Morgan fingerprint density at radius 1 is 1.17 bits per heavy atom. The van der Waals surface area contributed by atoms with Gasteiger partial charge in [-0.25, -0.2) is 0 Å². The number of aromatic nitrogens is 2. The van der Waals surface area contributed by atoms with Crippen molar-refractivity contribution >= 4 is 11.8 Å². The molecule has 0 atom stereocenters. The van der Waals surface area contributed by atoms with Crippen LogP contribution in [0, 0.1) is 13.8 Å². The number of amides is 2. The zero-order valence-corrected chi connectivity index (χ0v) is 13.3. The minimum Gasteiger partial charge on any atom is -0.272 e. The molecule has 1 aliphatic carbocycles. The molecule has 1 heterocycles.